The van der Waals surface area contributed by atoms with E-state index in [2.05, 4.69) is 24.8 Å². The summed E-state index contributed by atoms with van der Waals surface area (Å²) in [7, 11) is 0. The molecule has 1 aromatic rings. The Morgan fingerprint density at radius 1 is 1.22 bits per heavy atom. The minimum absolute atomic E-state index is 0. The van der Waals surface area contributed by atoms with Gasteiger partial charge in [-0.1, -0.05) is 30.3 Å². The van der Waals surface area contributed by atoms with Gasteiger partial charge in [-0.15, -0.1) is 0 Å². The summed E-state index contributed by atoms with van der Waals surface area (Å²) in [5.41, 5.74) is 1.27. The van der Waals surface area contributed by atoms with Gasteiger partial charge in [0.15, 0.2) is 0 Å². The molecule has 0 fully saturated rings. The monoisotopic (exact) mass is 132 g/mol. The standard InChI is InChI=1S/C7H8S.Li.H/c8-6-7-4-2-1-3-5-7;;/h1-5,8H,6H2;;/q;+1;-1. The van der Waals surface area contributed by atoms with Gasteiger partial charge in [-0.25, -0.2) is 0 Å². The summed E-state index contributed by atoms with van der Waals surface area (Å²) in [6.07, 6.45) is 0. The summed E-state index contributed by atoms with van der Waals surface area (Å²) in [6, 6.07) is 10.2. The van der Waals surface area contributed by atoms with E-state index in [0.717, 1.165) is 5.75 Å². The van der Waals surface area contributed by atoms with Crippen molar-refractivity contribution in [3.05, 3.63) is 35.9 Å². The molecular formula is C7H9LiS. The van der Waals surface area contributed by atoms with Crippen LogP contribution in [0.3, 0.4) is 0 Å². The molecule has 1 rings (SSSR count). The van der Waals surface area contributed by atoms with Crippen LogP contribution in [-0.2, 0) is 5.75 Å². The van der Waals surface area contributed by atoms with Crippen LogP contribution in [0.15, 0.2) is 30.3 Å². The van der Waals surface area contributed by atoms with Gasteiger partial charge in [0, 0.05) is 5.75 Å². The summed E-state index contributed by atoms with van der Waals surface area (Å²) >= 11 is 4.11. The number of hydrogen-bond donors (Lipinski definition) is 1. The molecule has 0 saturated carbocycles. The number of rotatable bonds is 1. The molecule has 0 heterocycles. The molecule has 0 spiro atoms. The zero-order valence-corrected chi connectivity index (χ0v) is 6.44. The Hall–Kier alpha value is 0.167. The molecule has 0 unspecified atom stereocenters. The maximum absolute atomic E-state index is 4.11. The Bertz CT molecular complexity index is 155. The summed E-state index contributed by atoms with van der Waals surface area (Å²) in [4.78, 5) is 0. The second-order valence-electron chi connectivity index (χ2n) is 1.64. The van der Waals surface area contributed by atoms with Crippen LogP contribution in [0.5, 0.6) is 0 Å². The summed E-state index contributed by atoms with van der Waals surface area (Å²) < 4.78 is 0. The topological polar surface area (TPSA) is 0 Å². The molecule has 0 aliphatic carbocycles. The average Bonchev–Trinajstić information content (AvgIpc) is 1.90. The van der Waals surface area contributed by atoms with Crippen LogP contribution in [0.1, 0.15) is 6.99 Å². The second-order valence-corrected chi connectivity index (χ2v) is 1.96. The minimum atomic E-state index is 0. The van der Waals surface area contributed by atoms with Crippen molar-refractivity contribution in [2.24, 2.45) is 0 Å². The third-order valence-electron chi connectivity index (χ3n) is 1.03. The van der Waals surface area contributed by atoms with Crippen LogP contribution in [0.2, 0.25) is 0 Å². The number of benzene rings is 1. The van der Waals surface area contributed by atoms with Gasteiger partial charge in [0.05, 0.1) is 0 Å². The smallest absolute Gasteiger partial charge is 1.00 e. The maximum atomic E-state index is 4.11. The van der Waals surface area contributed by atoms with Crippen LogP contribution in [0, 0.1) is 0 Å². The largest absolute Gasteiger partial charge is 1.00 e. The first kappa shape index (κ1) is 9.17. The zero-order chi connectivity index (χ0) is 5.82. The fraction of sp³-hybridized carbons (Fsp3) is 0.143. The van der Waals surface area contributed by atoms with E-state index in [1.165, 1.54) is 5.56 Å². The van der Waals surface area contributed by atoms with Gasteiger partial charge in [0.25, 0.3) is 0 Å². The molecule has 1 aromatic carbocycles. The quantitative estimate of drug-likeness (QED) is 0.376. The van der Waals surface area contributed by atoms with E-state index in [1.807, 2.05) is 18.2 Å². The Kier molecular flexibility index (Phi) is 5.09. The molecule has 0 radical (unpaired) electrons. The number of hydrogen-bond acceptors (Lipinski definition) is 1. The molecule has 0 amide bonds. The van der Waals surface area contributed by atoms with Crippen molar-refractivity contribution in [3.8, 4) is 0 Å². The summed E-state index contributed by atoms with van der Waals surface area (Å²) in [6.45, 7) is 0. The first-order valence-electron chi connectivity index (χ1n) is 2.58. The van der Waals surface area contributed by atoms with Gasteiger partial charge in [0.2, 0.25) is 0 Å². The second kappa shape index (κ2) is 4.99. The molecule has 0 saturated heterocycles. The molecule has 0 N–H and O–H groups in total. The zero-order valence-electron chi connectivity index (χ0n) is 6.54. The van der Waals surface area contributed by atoms with Gasteiger partial charge in [-0.2, -0.15) is 12.6 Å². The van der Waals surface area contributed by atoms with Crippen LogP contribution in [0.25, 0.3) is 0 Å². The van der Waals surface area contributed by atoms with Crippen LogP contribution in [-0.4, -0.2) is 0 Å². The Labute approximate surface area is 74.7 Å². The SMILES string of the molecule is SCc1ccccc1.[H-].[Li+]. The van der Waals surface area contributed by atoms with E-state index in [-0.39, 0.29) is 20.3 Å². The molecule has 0 atom stereocenters. The van der Waals surface area contributed by atoms with E-state index in [4.69, 9.17) is 0 Å². The van der Waals surface area contributed by atoms with Gasteiger partial charge in [-0.3, -0.25) is 0 Å². The molecule has 0 aromatic heterocycles. The third kappa shape index (κ3) is 3.01. The van der Waals surface area contributed by atoms with Crippen molar-refractivity contribution in [1.29, 1.82) is 0 Å². The normalized spacial score (nSPS) is 8.11. The average molecular weight is 132 g/mol. The number of thiol groups is 1. The van der Waals surface area contributed by atoms with Crippen molar-refractivity contribution in [1.82, 2.24) is 0 Å². The van der Waals surface area contributed by atoms with Crippen LogP contribution >= 0.6 is 12.6 Å². The maximum Gasteiger partial charge on any atom is 1.00 e. The van der Waals surface area contributed by atoms with Crippen molar-refractivity contribution >= 4 is 12.6 Å². The van der Waals surface area contributed by atoms with E-state index in [9.17, 15) is 0 Å². The van der Waals surface area contributed by atoms with Crippen molar-refractivity contribution in [3.63, 3.8) is 0 Å². The molecular weight excluding hydrogens is 123 g/mol. The van der Waals surface area contributed by atoms with E-state index in [0.29, 0.717) is 0 Å². The molecule has 0 aliphatic rings. The minimum Gasteiger partial charge on any atom is -1.00 e. The first-order chi connectivity index (χ1) is 3.93. The van der Waals surface area contributed by atoms with Gasteiger partial charge in [-0.05, 0) is 5.56 Å². The van der Waals surface area contributed by atoms with Gasteiger partial charge >= 0.3 is 18.9 Å². The van der Waals surface area contributed by atoms with Crippen LogP contribution < -0.4 is 18.9 Å². The summed E-state index contributed by atoms with van der Waals surface area (Å²) in [5, 5.41) is 0. The van der Waals surface area contributed by atoms with Crippen LogP contribution in [0.4, 0.5) is 0 Å². The Morgan fingerprint density at radius 3 is 2.11 bits per heavy atom. The van der Waals surface area contributed by atoms with Crippen molar-refractivity contribution < 1.29 is 20.3 Å². The molecule has 2 heteroatoms. The molecule has 9 heavy (non-hydrogen) atoms. The van der Waals surface area contributed by atoms with E-state index in [1.54, 1.807) is 0 Å². The molecule has 44 valence electrons. The molecule has 0 aliphatic heterocycles. The fourth-order valence-corrected chi connectivity index (χ4v) is 0.794. The Morgan fingerprint density at radius 2 is 1.78 bits per heavy atom. The van der Waals surface area contributed by atoms with E-state index >= 15 is 0 Å². The molecule has 0 bridgehead atoms. The van der Waals surface area contributed by atoms with Gasteiger partial charge < -0.3 is 1.43 Å². The Balaban J connectivity index is 0. The van der Waals surface area contributed by atoms with Crippen molar-refractivity contribution in [2.45, 2.75) is 5.75 Å². The summed E-state index contributed by atoms with van der Waals surface area (Å²) in [5.74, 6) is 0.834. The van der Waals surface area contributed by atoms with Crippen molar-refractivity contribution in [2.75, 3.05) is 0 Å². The molecule has 0 nitrogen and oxygen atoms in total. The van der Waals surface area contributed by atoms with Gasteiger partial charge in [0.1, 0.15) is 0 Å². The predicted octanol–water partition coefficient (Wildman–Crippen LogP) is -0.767. The predicted molar refractivity (Wildman–Crippen MR) is 40.2 cm³/mol. The fourth-order valence-electron chi connectivity index (χ4n) is 0.583. The van der Waals surface area contributed by atoms with E-state index < -0.39 is 0 Å². The third-order valence-corrected chi connectivity index (χ3v) is 1.39. The first-order valence-corrected chi connectivity index (χ1v) is 3.21.